The number of unbranched alkanes of at least 4 members (excludes halogenated alkanes) is 1. The van der Waals surface area contributed by atoms with E-state index in [2.05, 4.69) is 22.0 Å². The van der Waals surface area contributed by atoms with Gasteiger partial charge in [0, 0.05) is 32.7 Å². The fourth-order valence-electron chi connectivity index (χ4n) is 3.58. The number of piperazine rings is 1. The lowest BCUT2D eigenvalue weighted by atomic mass is 9.82. The molecule has 1 aliphatic heterocycles. The minimum absolute atomic E-state index is 0.0729. The van der Waals surface area contributed by atoms with Crippen molar-refractivity contribution in [2.75, 3.05) is 45.8 Å². The van der Waals surface area contributed by atoms with Gasteiger partial charge in [0.1, 0.15) is 0 Å². The van der Waals surface area contributed by atoms with E-state index in [1.165, 1.54) is 39.1 Å². The van der Waals surface area contributed by atoms with Crippen molar-refractivity contribution in [3.63, 3.8) is 0 Å². The van der Waals surface area contributed by atoms with E-state index in [9.17, 15) is 4.79 Å². The highest BCUT2D eigenvalue weighted by Crippen LogP contribution is 2.25. The molecule has 0 aromatic carbocycles. The van der Waals surface area contributed by atoms with Crippen LogP contribution in [0.3, 0.4) is 0 Å². The van der Waals surface area contributed by atoms with Gasteiger partial charge in [0.25, 0.3) is 0 Å². The van der Waals surface area contributed by atoms with Crippen LogP contribution in [0.1, 0.15) is 51.9 Å². The van der Waals surface area contributed by atoms with E-state index in [-0.39, 0.29) is 5.91 Å². The van der Waals surface area contributed by atoms with E-state index >= 15 is 0 Å². The van der Waals surface area contributed by atoms with E-state index in [4.69, 9.17) is 5.73 Å². The van der Waals surface area contributed by atoms with Crippen molar-refractivity contribution in [3.8, 4) is 0 Å². The van der Waals surface area contributed by atoms with Crippen LogP contribution in [0.4, 0.5) is 0 Å². The number of rotatable bonds is 7. The Morgan fingerprint density at radius 2 is 1.68 bits per heavy atom. The molecule has 1 heterocycles. The van der Waals surface area contributed by atoms with Crippen molar-refractivity contribution in [2.45, 2.75) is 57.4 Å². The number of carbonyl (C=O) groups excluding carboxylic acids is 1. The van der Waals surface area contributed by atoms with Gasteiger partial charge >= 0.3 is 0 Å². The van der Waals surface area contributed by atoms with Gasteiger partial charge in [-0.05, 0) is 38.8 Å². The van der Waals surface area contributed by atoms with Crippen LogP contribution < -0.4 is 11.1 Å². The molecule has 2 aliphatic rings. The fourth-order valence-corrected chi connectivity index (χ4v) is 3.58. The number of carbonyl (C=O) groups is 1. The highest BCUT2D eigenvalue weighted by Gasteiger charge is 2.34. The molecule has 1 amide bonds. The summed E-state index contributed by atoms with van der Waals surface area (Å²) in [5.41, 5.74) is 5.65. The predicted octanol–water partition coefficient (Wildman–Crippen LogP) is 1.18. The zero-order chi connectivity index (χ0) is 15.8. The lowest BCUT2D eigenvalue weighted by Gasteiger charge is -2.34. The summed E-state index contributed by atoms with van der Waals surface area (Å²) in [5, 5.41) is 3.06. The number of nitrogens with two attached hydrogens (primary N) is 1. The summed E-state index contributed by atoms with van der Waals surface area (Å²) >= 11 is 0. The van der Waals surface area contributed by atoms with Gasteiger partial charge in [-0.25, -0.2) is 0 Å². The molecule has 3 N–H and O–H groups in total. The third kappa shape index (κ3) is 5.21. The molecule has 0 aromatic rings. The number of hydrogen-bond acceptors (Lipinski definition) is 4. The molecule has 128 valence electrons. The molecule has 2 rings (SSSR count). The number of likely N-dealkylation sites (N-methyl/N-ethyl adjacent to an activating group) is 1. The van der Waals surface area contributed by atoms with Gasteiger partial charge in [-0.2, -0.15) is 0 Å². The van der Waals surface area contributed by atoms with Gasteiger partial charge in [-0.1, -0.05) is 26.2 Å². The molecular formula is C17H34N4O. The zero-order valence-corrected chi connectivity index (χ0v) is 14.3. The standard InChI is InChI=1S/C17H34N4O/c1-2-20-12-14-21(15-13-20)11-7-6-10-19-16(22)17(18)8-4-3-5-9-17/h2-15,18H2,1H3,(H,19,22). The lowest BCUT2D eigenvalue weighted by Crippen LogP contribution is -2.55. The van der Waals surface area contributed by atoms with E-state index in [1.807, 2.05) is 0 Å². The van der Waals surface area contributed by atoms with Crippen molar-refractivity contribution in [3.05, 3.63) is 0 Å². The predicted molar refractivity (Wildman–Crippen MR) is 90.8 cm³/mol. The Bertz CT molecular complexity index is 334. The van der Waals surface area contributed by atoms with Crippen LogP contribution in [0.5, 0.6) is 0 Å². The summed E-state index contributed by atoms with van der Waals surface area (Å²) < 4.78 is 0. The lowest BCUT2D eigenvalue weighted by molar-refractivity contribution is -0.127. The van der Waals surface area contributed by atoms with Gasteiger partial charge in [0.15, 0.2) is 0 Å². The monoisotopic (exact) mass is 310 g/mol. The Hall–Kier alpha value is -0.650. The summed E-state index contributed by atoms with van der Waals surface area (Å²) in [5.74, 6) is 0.0729. The van der Waals surface area contributed by atoms with Gasteiger partial charge in [-0.15, -0.1) is 0 Å². The highest BCUT2D eigenvalue weighted by molar-refractivity contribution is 5.86. The minimum Gasteiger partial charge on any atom is -0.355 e. The van der Waals surface area contributed by atoms with Crippen LogP contribution >= 0.6 is 0 Å². The Labute approximate surface area is 135 Å². The van der Waals surface area contributed by atoms with Gasteiger partial charge in [0.2, 0.25) is 5.91 Å². The summed E-state index contributed by atoms with van der Waals surface area (Å²) in [7, 11) is 0. The Balaban J connectivity index is 1.53. The molecule has 2 fully saturated rings. The third-order valence-electron chi connectivity index (χ3n) is 5.30. The topological polar surface area (TPSA) is 61.6 Å². The van der Waals surface area contributed by atoms with Crippen molar-refractivity contribution in [1.29, 1.82) is 0 Å². The summed E-state index contributed by atoms with van der Waals surface area (Å²) in [6.45, 7) is 10.1. The maximum atomic E-state index is 12.2. The zero-order valence-electron chi connectivity index (χ0n) is 14.3. The molecule has 0 unspecified atom stereocenters. The second-order valence-electron chi connectivity index (χ2n) is 6.96. The average Bonchev–Trinajstić information content (AvgIpc) is 2.55. The maximum absolute atomic E-state index is 12.2. The number of nitrogens with zero attached hydrogens (tertiary/aromatic N) is 2. The molecule has 1 saturated carbocycles. The smallest absolute Gasteiger partial charge is 0.240 e. The second kappa shape index (κ2) is 8.85. The molecular weight excluding hydrogens is 276 g/mol. The number of hydrogen-bond donors (Lipinski definition) is 2. The SMILES string of the molecule is CCN1CCN(CCCCNC(=O)C2(N)CCCCC2)CC1. The van der Waals surface area contributed by atoms with Crippen LogP contribution in [-0.4, -0.2) is 67.1 Å². The Kier molecular flexibility index (Phi) is 7.12. The summed E-state index contributed by atoms with van der Waals surface area (Å²) in [6, 6.07) is 0. The highest BCUT2D eigenvalue weighted by atomic mass is 16.2. The van der Waals surface area contributed by atoms with E-state index < -0.39 is 5.54 Å². The molecule has 0 spiro atoms. The van der Waals surface area contributed by atoms with Crippen molar-refractivity contribution in [1.82, 2.24) is 15.1 Å². The van der Waals surface area contributed by atoms with E-state index in [1.54, 1.807) is 0 Å². The van der Waals surface area contributed by atoms with Crippen molar-refractivity contribution >= 4 is 5.91 Å². The summed E-state index contributed by atoms with van der Waals surface area (Å²) in [4.78, 5) is 17.2. The summed E-state index contributed by atoms with van der Waals surface area (Å²) in [6.07, 6.45) is 7.31. The van der Waals surface area contributed by atoms with Crippen LogP contribution in [0.25, 0.3) is 0 Å². The largest absolute Gasteiger partial charge is 0.355 e. The number of amides is 1. The van der Waals surface area contributed by atoms with E-state index in [0.29, 0.717) is 0 Å². The van der Waals surface area contributed by atoms with Gasteiger partial charge < -0.3 is 20.9 Å². The molecule has 22 heavy (non-hydrogen) atoms. The molecule has 0 aromatic heterocycles. The van der Waals surface area contributed by atoms with Crippen molar-refractivity contribution in [2.24, 2.45) is 5.73 Å². The molecule has 1 saturated heterocycles. The van der Waals surface area contributed by atoms with Gasteiger partial charge in [-0.3, -0.25) is 4.79 Å². The van der Waals surface area contributed by atoms with Crippen LogP contribution in [-0.2, 0) is 4.79 Å². The van der Waals surface area contributed by atoms with Gasteiger partial charge in [0.05, 0.1) is 5.54 Å². The quantitative estimate of drug-likeness (QED) is 0.693. The van der Waals surface area contributed by atoms with Crippen LogP contribution in [0, 0.1) is 0 Å². The normalized spacial score (nSPS) is 23.4. The van der Waals surface area contributed by atoms with E-state index in [0.717, 1.165) is 51.6 Å². The Morgan fingerprint density at radius 3 is 2.32 bits per heavy atom. The molecule has 5 heteroatoms. The van der Waals surface area contributed by atoms with Crippen molar-refractivity contribution < 1.29 is 4.79 Å². The molecule has 0 radical (unpaired) electrons. The maximum Gasteiger partial charge on any atom is 0.240 e. The first-order chi connectivity index (χ1) is 10.6. The first-order valence-electron chi connectivity index (χ1n) is 9.16. The first kappa shape index (κ1) is 17.7. The Morgan fingerprint density at radius 1 is 1.05 bits per heavy atom. The van der Waals surface area contributed by atoms with Crippen LogP contribution in [0.2, 0.25) is 0 Å². The minimum atomic E-state index is -0.589. The molecule has 1 aliphatic carbocycles. The number of nitrogens with one attached hydrogen (secondary N) is 1. The van der Waals surface area contributed by atoms with Crippen LogP contribution in [0.15, 0.2) is 0 Å². The fraction of sp³-hybridized carbons (Fsp3) is 0.941. The average molecular weight is 310 g/mol. The molecule has 0 atom stereocenters. The third-order valence-corrected chi connectivity index (χ3v) is 5.30. The molecule has 5 nitrogen and oxygen atoms in total. The second-order valence-corrected chi connectivity index (χ2v) is 6.96. The molecule has 0 bridgehead atoms. The first-order valence-corrected chi connectivity index (χ1v) is 9.16.